The van der Waals surface area contributed by atoms with Crippen LogP contribution in [0.4, 0.5) is 20.2 Å². The lowest BCUT2D eigenvalue weighted by Gasteiger charge is -2.40. The third-order valence-electron chi connectivity index (χ3n) is 7.18. The van der Waals surface area contributed by atoms with Gasteiger partial charge in [-0.3, -0.25) is 0 Å². The maximum Gasteiger partial charge on any atom is 0.127 e. The molecule has 1 aliphatic carbocycles. The Hall–Kier alpha value is -4.43. The zero-order chi connectivity index (χ0) is 30.7. The molecule has 1 fully saturated rings. The average molecular weight is 554 g/mol. The predicted octanol–water partition coefficient (Wildman–Crippen LogP) is 9.65. The summed E-state index contributed by atoms with van der Waals surface area (Å²) in [6.45, 7) is 26.1. The highest BCUT2D eigenvalue weighted by atomic mass is 19.1. The van der Waals surface area contributed by atoms with Crippen molar-refractivity contribution < 1.29 is 8.78 Å². The van der Waals surface area contributed by atoms with Crippen LogP contribution < -0.4 is 10.6 Å². The fourth-order valence-corrected chi connectivity index (χ4v) is 4.78. The largest absolute Gasteiger partial charge is 0.380 e. The lowest BCUT2D eigenvalue weighted by Crippen LogP contribution is -2.46. The molecular weight excluding hydrogens is 512 g/mol. The lowest BCUT2D eigenvalue weighted by atomic mass is 9.78. The van der Waals surface area contributed by atoms with Gasteiger partial charge in [-0.25, -0.2) is 8.78 Å². The summed E-state index contributed by atoms with van der Waals surface area (Å²) in [5, 5.41) is 16.0. The first-order valence-corrected chi connectivity index (χ1v) is 13.6. The number of halogens is 2. The van der Waals surface area contributed by atoms with E-state index in [1.165, 1.54) is 24.1 Å². The number of allylic oxidation sites excluding steroid dienone is 1. The van der Waals surface area contributed by atoms with Gasteiger partial charge in [0, 0.05) is 41.0 Å². The molecule has 0 saturated heterocycles. The minimum Gasteiger partial charge on any atom is -0.380 e. The van der Waals surface area contributed by atoms with E-state index in [2.05, 4.69) is 63.1 Å². The molecular formula is C36H41F2N3. The normalized spacial score (nSPS) is 12.7. The summed E-state index contributed by atoms with van der Waals surface area (Å²) in [7, 11) is 0. The summed E-state index contributed by atoms with van der Waals surface area (Å²) in [4.78, 5) is 0. The van der Waals surface area contributed by atoms with Crippen molar-refractivity contribution in [2.45, 2.75) is 58.4 Å². The molecule has 1 saturated carbocycles. The fourth-order valence-electron chi connectivity index (χ4n) is 4.78. The van der Waals surface area contributed by atoms with E-state index in [0.717, 1.165) is 46.6 Å². The van der Waals surface area contributed by atoms with Crippen molar-refractivity contribution in [3.05, 3.63) is 139 Å². The highest BCUT2D eigenvalue weighted by molar-refractivity contribution is 5.73. The Morgan fingerprint density at radius 3 is 2.10 bits per heavy atom. The summed E-state index contributed by atoms with van der Waals surface area (Å²) < 4.78 is 29.8. The maximum absolute atomic E-state index is 15.1. The Balaban J connectivity index is 0.00000141. The SMILES string of the molecule is C=C.C=C.C=C(C#N)Cc1cc(F)c(Cc2ccc(C(=C)NC3(C)CCC3)cc2Nc2ccc(C)cc2C)cc1F. The van der Waals surface area contributed by atoms with Crippen molar-refractivity contribution in [1.29, 1.82) is 5.26 Å². The van der Waals surface area contributed by atoms with Gasteiger partial charge in [0.1, 0.15) is 11.6 Å². The van der Waals surface area contributed by atoms with Gasteiger partial charge in [0.05, 0.1) is 6.07 Å². The number of hydrogen-bond acceptors (Lipinski definition) is 3. The van der Waals surface area contributed by atoms with Gasteiger partial charge in [-0.15, -0.1) is 26.3 Å². The molecule has 3 nitrogen and oxygen atoms in total. The molecule has 4 rings (SSSR count). The standard InChI is InChI=1S/C32H33F2N3.2C2H4/c1-20-7-10-30(22(3)13-20)36-31-18-24(23(4)37-32(5)11-6-12-32)8-9-25(31)15-27-17-28(33)26(16-29(27)34)14-21(2)19-35;2*1-2/h7-10,13,16-18,36-37H,2,4,6,11-12,14-15H2,1,3,5H3;2*1-2H2. The van der Waals surface area contributed by atoms with Crippen LogP contribution in [-0.2, 0) is 12.8 Å². The van der Waals surface area contributed by atoms with Gasteiger partial charge in [-0.1, -0.05) is 43.0 Å². The molecule has 5 heteroatoms. The van der Waals surface area contributed by atoms with Gasteiger partial charge in [-0.05, 0) is 92.1 Å². The first-order valence-electron chi connectivity index (χ1n) is 13.6. The van der Waals surface area contributed by atoms with E-state index in [0.29, 0.717) is 0 Å². The zero-order valence-corrected chi connectivity index (χ0v) is 24.6. The Kier molecular flexibility index (Phi) is 11.8. The third-order valence-corrected chi connectivity index (χ3v) is 7.18. The highest BCUT2D eigenvalue weighted by Gasteiger charge is 2.31. The van der Waals surface area contributed by atoms with Crippen molar-refractivity contribution in [1.82, 2.24) is 5.32 Å². The third kappa shape index (κ3) is 8.53. The predicted molar refractivity (Wildman–Crippen MR) is 170 cm³/mol. The number of aryl methyl sites for hydroxylation is 2. The van der Waals surface area contributed by atoms with Crippen molar-refractivity contribution in [3.8, 4) is 6.07 Å². The molecule has 0 amide bonds. The molecule has 0 radical (unpaired) electrons. The fraction of sp³-hybridized carbons (Fsp3) is 0.250. The maximum atomic E-state index is 15.1. The molecule has 0 unspecified atom stereocenters. The van der Waals surface area contributed by atoms with E-state index in [4.69, 9.17) is 5.26 Å². The van der Waals surface area contributed by atoms with Gasteiger partial charge in [0.25, 0.3) is 0 Å². The number of rotatable bonds is 9. The number of anilines is 2. The number of nitriles is 1. The van der Waals surface area contributed by atoms with Gasteiger partial charge in [0.15, 0.2) is 0 Å². The van der Waals surface area contributed by atoms with Crippen LogP contribution >= 0.6 is 0 Å². The number of benzene rings is 3. The second kappa shape index (κ2) is 14.8. The van der Waals surface area contributed by atoms with Crippen molar-refractivity contribution in [2.24, 2.45) is 0 Å². The Morgan fingerprint density at radius 2 is 1.51 bits per heavy atom. The molecule has 0 spiro atoms. The molecule has 0 aromatic heterocycles. The molecule has 41 heavy (non-hydrogen) atoms. The molecule has 2 N–H and O–H groups in total. The second-order valence-corrected chi connectivity index (χ2v) is 10.4. The van der Waals surface area contributed by atoms with Crippen molar-refractivity contribution in [2.75, 3.05) is 5.32 Å². The molecule has 214 valence electrons. The minimum atomic E-state index is -0.542. The molecule has 0 atom stereocenters. The van der Waals surface area contributed by atoms with Crippen LogP contribution in [0.2, 0.25) is 0 Å². The first-order chi connectivity index (χ1) is 19.6. The Labute approximate surface area is 244 Å². The zero-order valence-electron chi connectivity index (χ0n) is 24.6. The minimum absolute atomic E-state index is 0.0121. The van der Waals surface area contributed by atoms with Crippen LogP contribution in [0, 0.1) is 36.8 Å². The van der Waals surface area contributed by atoms with E-state index < -0.39 is 11.6 Å². The van der Waals surface area contributed by atoms with Gasteiger partial charge in [-0.2, -0.15) is 5.26 Å². The van der Waals surface area contributed by atoms with Crippen LogP contribution in [0.25, 0.3) is 5.70 Å². The van der Waals surface area contributed by atoms with Crippen LogP contribution in [0.1, 0.15) is 59.6 Å². The smallest absolute Gasteiger partial charge is 0.127 e. The molecule has 3 aromatic carbocycles. The average Bonchev–Trinajstić information content (AvgIpc) is 2.94. The number of nitrogens with zero attached hydrogens (tertiary/aromatic N) is 1. The number of hydrogen-bond donors (Lipinski definition) is 2. The molecule has 1 aliphatic rings. The van der Waals surface area contributed by atoms with Gasteiger partial charge >= 0.3 is 0 Å². The van der Waals surface area contributed by atoms with E-state index in [1.54, 1.807) is 0 Å². The Bertz CT molecular complexity index is 1440. The highest BCUT2D eigenvalue weighted by Crippen LogP contribution is 2.35. The summed E-state index contributed by atoms with van der Waals surface area (Å²) in [6, 6.07) is 16.4. The molecule has 0 bridgehead atoms. The summed E-state index contributed by atoms with van der Waals surface area (Å²) >= 11 is 0. The van der Waals surface area contributed by atoms with E-state index in [-0.39, 0.29) is 35.1 Å². The summed E-state index contributed by atoms with van der Waals surface area (Å²) in [6.07, 6.45) is 3.62. The quantitative estimate of drug-likeness (QED) is 0.205. The van der Waals surface area contributed by atoms with Crippen LogP contribution in [0.3, 0.4) is 0 Å². The topological polar surface area (TPSA) is 47.9 Å². The van der Waals surface area contributed by atoms with Crippen molar-refractivity contribution in [3.63, 3.8) is 0 Å². The monoisotopic (exact) mass is 553 g/mol. The van der Waals surface area contributed by atoms with Gasteiger partial charge in [0.2, 0.25) is 0 Å². The lowest BCUT2D eigenvalue weighted by molar-refractivity contribution is 0.239. The second-order valence-electron chi connectivity index (χ2n) is 10.4. The molecule has 0 aliphatic heterocycles. The van der Waals surface area contributed by atoms with E-state index in [1.807, 2.05) is 50.2 Å². The van der Waals surface area contributed by atoms with Crippen molar-refractivity contribution >= 4 is 17.1 Å². The number of nitrogens with one attached hydrogen (secondary N) is 2. The molecule has 0 heterocycles. The van der Waals surface area contributed by atoms with E-state index >= 15 is 4.39 Å². The summed E-state index contributed by atoms with van der Waals surface area (Å²) in [5.41, 5.74) is 7.27. The molecule has 3 aromatic rings. The first kappa shape index (κ1) is 32.8. The summed E-state index contributed by atoms with van der Waals surface area (Å²) in [5.74, 6) is -1.05. The van der Waals surface area contributed by atoms with Gasteiger partial charge < -0.3 is 10.6 Å². The Morgan fingerprint density at radius 1 is 0.878 bits per heavy atom. The van der Waals surface area contributed by atoms with Crippen LogP contribution in [0.5, 0.6) is 0 Å². The van der Waals surface area contributed by atoms with Crippen LogP contribution in [-0.4, -0.2) is 5.54 Å². The van der Waals surface area contributed by atoms with E-state index in [9.17, 15) is 4.39 Å². The van der Waals surface area contributed by atoms with Crippen LogP contribution in [0.15, 0.2) is 93.6 Å².